The Morgan fingerprint density at radius 2 is 1.73 bits per heavy atom. The molecule has 7 nitrogen and oxygen atoms in total. The first kappa shape index (κ1) is 21.5. The number of hydrogen-bond donors (Lipinski definition) is 2. The van der Waals surface area contributed by atoms with Crippen LogP contribution in [0.15, 0.2) is 51.9 Å². The predicted molar refractivity (Wildman–Crippen MR) is 111 cm³/mol. The van der Waals surface area contributed by atoms with Gasteiger partial charge in [-0.25, -0.2) is 12.8 Å². The van der Waals surface area contributed by atoms with Crippen molar-refractivity contribution >= 4 is 27.3 Å². The lowest BCUT2D eigenvalue weighted by Crippen LogP contribution is -2.16. The van der Waals surface area contributed by atoms with Crippen molar-refractivity contribution in [3.8, 4) is 0 Å². The van der Waals surface area contributed by atoms with Crippen LogP contribution in [0.3, 0.4) is 0 Å². The molecule has 0 saturated carbocycles. The number of carbonyl (C=O) groups is 1. The number of aryl methyl sites for hydroxylation is 3. The Balaban J connectivity index is 1.72. The molecule has 3 aromatic rings. The van der Waals surface area contributed by atoms with Crippen LogP contribution in [0.4, 0.5) is 15.8 Å². The Morgan fingerprint density at radius 1 is 1.07 bits per heavy atom. The van der Waals surface area contributed by atoms with E-state index in [1.54, 1.807) is 26.0 Å². The number of benzene rings is 2. The summed E-state index contributed by atoms with van der Waals surface area (Å²) < 4.78 is 46.1. The van der Waals surface area contributed by atoms with Crippen LogP contribution in [0.25, 0.3) is 0 Å². The van der Waals surface area contributed by atoms with Crippen molar-refractivity contribution < 1.29 is 22.1 Å². The fourth-order valence-corrected chi connectivity index (χ4v) is 4.35. The van der Waals surface area contributed by atoms with Gasteiger partial charge in [-0.15, -0.1) is 0 Å². The molecule has 3 rings (SSSR count). The van der Waals surface area contributed by atoms with E-state index in [1.165, 1.54) is 30.3 Å². The Labute approximate surface area is 174 Å². The van der Waals surface area contributed by atoms with Crippen molar-refractivity contribution in [1.82, 2.24) is 5.16 Å². The van der Waals surface area contributed by atoms with Crippen LogP contribution in [0.5, 0.6) is 0 Å². The second-order valence-corrected chi connectivity index (χ2v) is 8.59. The number of amides is 1. The Kier molecular flexibility index (Phi) is 6.21. The largest absolute Gasteiger partial charge is 0.361 e. The molecule has 1 aromatic heterocycles. The van der Waals surface area contributed by atoms with E-state index in [0.29, 0.717) is 23.4 Å². The molecular formula is C21H22FN3O4S. The zero-order chi connectivity index (χ0) is 21.9. The minimum atomic E-state index is -3.92. The van der Waals surface area contributed by atoms with Crippen LogP contribution in [0.2, 0.25) is 0 Å². The summed E-state index contributed by atoms with van der Waals surface area (Å²) in [7, 11) is -3.92. The van der Waals surface area contributed by atoms with Gasteiger partial charge in [-0.05, 0) is 69.2 Å². The Bertz CT molecular complexity index is 1150. The molecule has 30 heavy (non-hydrogen) atoms. The summed E-state index contributed by atoms with van der Waals surface area (Å²) in [5, 5.41) is 6.59. The van der Waals surface area contributed by atoms with Crippen LogP contribution in [0.1, 0.15) is 29.0 Å². The molecule has 0 saturated heterocycles. The van der Waals surface area contributed by atoms with E-state index >= 15 is 0 Å². The lowest BCUT2D eigenvalue weighted by atomic mass is 10.1. The van der Waals surface area contributed by atoms with Gasteiger partial charge in [-0.2, -0.15) is 0 Å². The third kappa shape index (κ3) is 5.04. The third-order valence-corrected chi connectivity index (χ3v) is 6.16. The second-order valence-electron chi connectivity index (χ2n) is 6.94. The average molecular weight is 431 g/mol. The Hall–Kier alpha value is -3.20. The van der Waals surface area contributed by atoms with Crippen LogP contribution >= 0.6 is 0 Å². The maximum Gasteiger partial charge on any atom is 0.262 e. The maximum atomic E-state index is 13.1. The van der Waals surface area contributed by atoms with Crippen molar-refractivity contribution in [2.45, 2.75) is 38.5 Å². The van der Waals surface area contributed by atoms with Gasteiger partial charge in [0.25, 0.3) is 10.0 Å². The highest BCUT2D eigenvalue weighted by atomic mass is 32.2. The van der Waals surface area contributed by atoms with Gasteiger partial charge in [0.15, 0.2) is 0 Å². The number of rotatable bonds is 7. The van der Waals surface area contributed by atoms with Gasteiger partial charge in [-0.3, -0.25) is 9.52 Å². The molecule has 0 radical (unpaired) electrons. The molecule has 0 atom stereocenters. The topological polar surface area (TPSA) is 101 Å². The number of carbonyl (C=O) groups excluding carboxylic acids is 1. The predicted octanol–water partition coefficient (Wildman–Crippen LogP) is 4.11. The molecule has 0 fully saturated rings. The monoisotopic (exact) mass is 431 g/mol. The van der Waals surface area contributed by atoms with E-state index in [4.69, 9.17) is 4.52 Å². The number of nitrogens with one attached hydrogen (secondary N) is 2. The minimum absolute atomic E-state index is 0.0235. The van der Waals surface area contributed by atoms with Crippen LogP contribution < -0.4 is 10.0 Å². The number of aromatic nitrogens is 1. The molecular weight excluding hydrogens is 409 g/mol. The van der Waals surface area contributed by atoms with Crippen molar-refractivity contribution in [3.05, 3.63) is 70.9 Å². The van der Waals surface area contributed by atoms with E-state index < -0.39 is 15.8 Å². The SMILES string of the molecule is Cc1ccc(NC(=O)CCc2c(C)noc2C)cc1S(=O)(=O)Nc1ccc(F)cc1. The van der Waals surface area contributed by atoms with Crippen LogP contribution in [0, 0.1) is 26.6 Å². The molecule has 0 aliphatic carbocycles. The minimum Gasteiger partial charge on any atom is -0.361 e. The summed E-state index contributed by atoms with van der Waals surface area (Å²) >= 11 is 0. The van der Waals surface area contributed by atoms with Crippen molar-refractivity contribution in [1.29, 1.82) is 0 Å². The number of halogens is 1. The number of sulfonamides is 1. The molecule has 0 spiro atoms. The van der Waals surface area contributed by atoms with E-state index in [9.17, 15) is 17.6 Å². The van der Waals surface area contributed by atoms with Gasteiger partial charge < -0.3 is 9.84 Å². The molecule has 158 valence electrons. The molecule has 2 N–H and O–H groups in total. The molecule has 9 heteroatoms. The summed E-state index contributed by atoms with van der Waals surface area (Å²) in [4.78, 5) is 12.4. The van der Waals surface area contributed by atoms with E-state index in [1.807, 2.05) is 6.92 Å². The first-order valence-electron chi connectivity index (χ1n) is 9.26. The molecule has 0 aliphatic rings. The fourth-order valence-electron chi connectivity index (χ4n) is 3.02. The van der Waals surface area contributed by atoms with Crippen molar-refractivity contribution in [2.75, 3.05) is 10.0 Å². The molecule has 1 amide bonds. The van der Waals surface area contributed by atoms with E-state index in [-0.39, 0.29) is 22.9 Å². The molecule has 1 heterocycles. The quantitative estimate of drug-likeness (QED) is 0.586. The summed E-state index contributed by atoms with van der Waals surface area (Å²) in [5.41, 5.74) is 2.75. The summed E-state index contributed by atoms with van der Waals surface area (Å²) in [6.07, 6.45) is 0.669. The zero-order valence-electron chi connectivity index (χ0n) is 16.8. The summed E-state index contributed by atoms with van der Waals surface area (Å²) in [6, 6.07) is 9.66. The van der Waals surface area contributed by atoms with E-state index in [0.717, 1.165) is 11.3 Å². The van der Waals surface area contributed by atoms with Crippen molar-refractivity contribution in [2.24, 2.45) is 0 Å². The van der Waals surface area contributed by atoms with Crippen LogP contribution in [-0.2, 0) is 21.2 Å². The normalized spacial score (nSPS) is 11.3. The molecule has 2 aromatic carbocycles. The highest BCUT2D eigenvalue weighted by Gasteiger charge is 2.19. The van der Waals surface area contributed by atoms with Gasteiger partial charge in [0, 0.05) is 23.4 Å². The first-order chi connectivity index (χ1) is 14.2. The first-order valence-corrected chi connectivity index (χ1v) is 10.7. The van der Waals surface area contributed by atoms with Crippen molar-refractivity contribution in [3.63, 3.8) is 0 Å². The van der Waals surface area contributed by atoms with Crippen LogP contribution in [-0.4, -0.2) is 19.5 Å². The Morgan fingerprint density at radius 3 is 2.37 bits per heavy atom. The lowest BCUT2D eigenvalue weighted by molar-refractivity contribution is -0.116. The standard InChI is InChI=1S/C21H22FN3O4S/c1-13-4-7-18(23-21(26)11-10-19-14(2)24-29-15(19)3)12-20(13)30(27,28)25-17-8-5-16(22)6-9-17/h4-9,12,25H,10-11H2,1-3H3,(H,23,26). The lowest BCUT2D eigenvalue weighted by Gasteiger charge is -2.13. The average Bonchev–Trinajstić information content (AvgIpc) is 3.01. The highest BCUT2D eigenvalue weighted by Crippen LogP contribution is 2.23. The van der Waals surface area contributed by atoms with Gasteiger partial charge in [0.2, 0.25) is 5.91 Å². The highest BCUT2D eigenvalue weighted by molar-refractivity contribution is 7.92. The molecule has 0 bridgehead atoms. The molecule has 0 unspecified atom stereocenters. The maximum absolute atomic E-state index is 13.1. The smallest absolute Gasteiger partial charge is 0.262 e. The number of hydrogen-bond acceptors (Lipinski definition) is 5. The van der Waals surface area contributed by atoms with Gasteiger partial charge in [0.05, 0.1) is 10.6 Å². The van der Waals surface area contributed by atoms with Gasteiger partial charge >= 0.3 is 0 Å². The zero-order valence-corrected chi connectivity index (χ0v) is 17.6. The summed E-state index contributed by atoms with van der Waals surface area (Å²) in [6.45, 7) is 5.26. The van der Waals surface area contributed by atoms with E-state index in [2.05, 4.69) is 15.2 Å². The number of anilines is 2. The number of nitrogens with zero attached hydrogens (tertiary/aromatic N) is 1. The summed E-state index contributed by atoms with van der Waals surface area (Å²) in [5.74, 6) is -0.0417. The molecule has 0 aliphatic heterocycles. The van der Waals surface area contributed by atoms with Gasteiger partial charge in [-0.1, -0.05) is 11.2 Å². The fraction of sp³-hybridized carbons (Fsp3) is 0.238. The second kappa shape index (κ2) is 8.66. The van der Waals surface area contributed by atoms with Gasteiger partial charge in [0.1, 0.15) is 11.6 Å². The third-order valence-electron chi connectivity index (χ3n) is 4.64.